The summed E-state index contributed by atoms with van der Waals surface area (Å²) >= 11 is 0. The molecule has 0 aromatic carbocycles. The number of aromatic carboxylic acids is 1. The zero-order chi connectivity index (χ0) is 17.3. The maximum absolute atomic E-state index is 12.7. The number of aromatic nitrogens is 2. The van der Waals surface area contributed by atoms with Gasteiger partial charge < -0.3 is 14.7 Å². The molecule has 0 saturated heterocycles. The quantitative estimate of drug-likeness (QED) is 0.886. The lowest BCUT2D eigenvalue weighted by Gasteiger charge is -2.56. The van der Waals surface area contributed by atoms with Crippen molar-refractivity contribution in [2.45, 2.75) is 51.2 Å². The Labute approximate surface area is 141 Å². The number of nitrogens with zero attached hydrogens (tertiary/aromatic N) is 3. The van der Waals surface area contributed by atoms with Gasteiger partial charge in [0, 0.05) is 25.1 Å². The summed E-state index contributed by atoms with van der Waals surface area (Å²) in [7, 11) is 1.79. The molecule has 2 atom stereocenters. The van der Waals surface area contributed by atoms with Crippen LogP contribution in [0.2, 0.25) is 0 Å². The zero-order valence-electron chi connectivity index (χ0n) is 14.1. The molecule has 130 valence electrons. The SMILES string of the molecule is CCOC1CC(N(C)C(=O)c2cnc(C(=O)O)cn2)C12CCCC2. The molecule has 0 aliphatic heterocycles. The standard InChI is InChI=1S/C17H23N3O4/c1-3-24-14-8-13(17(14)6-4-5-7-17)20(2)15(21)11-9-19-12(10-18-11)16(22)23/h9-10,13-14H,3-8H2,1-2H3,(H,22,23). The summed E-state index contributed by atoms with van der Waals surface area (Å²) in [5.41, 5.74) is 0.0755. The van der Waals surface area contributed by atoms with E-state index in [2.05, 4.69) is 9.97 Å². The Morgan fingerprint density at radius 3 is 2.46 bits per heavy atom. The minimum Gasteiger partial charge on any atom is -0.476 e. The molecule has 1 N–H and O–H groups in total. The van der Waals surface area contributed by atoms with E-state index in [1.165, 1.54) is 19.0 Å². The molecule has 2 aliphatic rings. The van der Waals surface area contributed by atoms with Gasteiger partial charge in [-0.25, -0.2) is 14.8 Å². The van der Waals surface area contributed by atoms with Crippen molar-refractivity contribution in [1.82, 2.24) is 14.9 Å². The highest BCUT2D eigenvalue weighted by molar-refractivity contribution is 5.93. The van der Waals surface area contributed by atoms with Crippen LogP contribution in [-0.4, -0.2) is 57.7 Å². The van der Waals surface area contributed by atoms with E-state index in [-0.39, 0.29) is 34.9 Å². The smallest absolute Gasteiger partial charge is 0.356 e. The van der Waals surface area contributed by atoms with Gasteiger partial charge in [0.2, 0.25) is 0 Å². The summed E-state index contributed by atoms with van der Waals surface area (Å²) in [5, 5.41) is 8.87. The summed E-state index contributed by atoms with van der Waals surface area (Å²) in [6, 6.07) is 0.144. The Kier molecular flexibility index (Phi) is 4.54. The molecule has 0 bridgehead atoms. The minimum absolute atomic E-state index is 0.0643. The summed E-state index contributed by atoms with van der Waals surface area (Å²) in [6.07, 6.45) is 7.96. The van der Waals surface area contributed by atoms with Crippen molar-refractivity contribution in [3.05, 3.63) is 23.8 Å². The Hall–Kier alpha value is -2.02. The van der Waals surface area contributed by atoms with Gasteiger partial charge in [0.05, 0.1) is 18.5 Å². The van der Waals surface area contributed by atoms with Crippen LogP contribution in [0.3, 0.4) is 0 Å². The molecule has 2 unspecified atom stereocenters. The molecule has 1 aromatic rings. The van der Waals surface area contributed by atoms with Crippen LogP contribution < -0.4 is 0 Å². The van der Waals surface area contributed by atoms with E-state index < -0.39 is 5.97 Å². The summed E-state index contributed by atoms with van der Waals surface area (Å²) < 4.78 is 5.89. The number of carbonyl (C=O) groups is 2. The first kappa shape index (κ1) is 16.8. The number of amides is 1. The van der Waals surface area contributed by atoms with Crippen LogP contribution in [0.15, 0.2) is 12.4 Å². The lowest BCUT2D eigenvalue weighted by molar-refractivity contribution is -0.152. The monoisotopic (exact) mass is 333 g/mol. The van der Waals surface area contributed by atoms with Gasteiger partial charge in [0.25, 0.3) is 5.91 Å². The number of rotatable bonds is 5. The molecule has 7 heteroatoms. The third-order valence-electron chi connectivity index (χ3n) is 5.52. The van der Waals surface area contributed by atoms with E-state index in [0.29, 0.717) is 6.61 Å². The second-order valence-electron chi connectivity index (χ2n) is 6.64. The van der Waals surface area contributed by atoms with E-state index in [4.69, 9.17) is 9.84 Å². The van der Waals surface area contributed by atoms with Gasteiger partial charge in [-0.1, -0.05) is 12.8 Å². The number of ether oxygens (including phenoxy) is 1. The van der Waals surface area contributed by atoms with Crippen LogP contribution in [0.25, 0.3) is 0 Å². The third kappa shape index (κ3) is 2.66. The number of hydrogen-bond donors (Lipinski definition) is 1. The summed E-state index contributed by atoms with van der Waals surface area (Å²) in [5.74, 6) is -1.37. The maximum atomic E-state index is 12.7. The van der Waals surface area contributed by atoms with Gasteiger partial charge in [-0.15, -0.1) is 0 Å². The molecule has 1 amide bonds. The maximum Gasteiger partial charge on any atom is 0.356 e. The van der Waals surface area contributed by atoms with Crippen molar-refractivity contribution < 1.29 is 19.4 Å². The van der Waals surface area contributed by atoms with Gasteiger partial charge >= 0.3 is 5.97 Å². The second-order valence-corrected chi connectivity index (χ2v) is 6.64. The number of carboxylic acid groups (broad SMARTS) is 1. The predicted octanol–water partition coefficient (Wildman–Crippen LogP) is 1.98. The molecule has 1 spiro atoms. The molecule has 2 saturated carbocycles. The largest absolute Gasteiger partial charge is 0.476 e. The van der Waals surface area contributed by atoms with Crippen LogP contribution in [0.4, 0.5) is 0 Å². The van der Waals surface area contributed by atoms with E-state index in [1.807, 2.05) is 6.92 Å². The Balaban J connectivity index is 1.75. The average molecular weight is 333 g/mol. The molecule has 24 heavy (non-hydrogen) atoms. The van der Waals surface area contributed by atoms with Gasteiger partial charge in [-0.3, -0.25) is 4.79 Å². The molecule has 0 radical (unpaired) electrons. The molecule has 3 rings (SSSR count). The highest BCUT2D eigenvalue weighted by Gasteiger charge is 2.58. The number of carboxylic acids is 1. The fourth-order valence-corrected chi connectivity index (χ4v) is 4.26. The third-order valence-corrected chi connectivity index (χ3v) is 5.52. The molecule has 2 aliphatic carbocycles. The molecular formula is C17H23N3O4. The number of hydrogen-bond acceptors (Lipinski definition) is 5. The lowest BCUT2D eigenvalue weighted by atomic mass is 9.60. The predicted molar refractivity (Wildman–Crippen MR) is 85.8 cm³/mol. The van der Waals surface area contributed by atoms with Crippen LogP contribution >= 0.6 is 0 Å². The van der Waals surface area contributed by atoms with E-state index in [1.54, 1.807) is 11.9 Å². The Morgan fingerprint density at radius 1 is 1.29 bits per heavy atom. The van der Waals surface area contributed by atoms with Crippen LogP contribution in [0.5, 0.6) is 0 Å². The normalized spacial score (nSPS) is 24.6. The summed E-state index contributed by atoms with van der Waals surface area (Å²) in [6.45, 7) is 2.70. The first-order chi connectivity index (χ1) is 11.5. The van der Waals surface area contributed by atoms with Crippen molar-refractivity contribution in [2.24, 2.45) is 5.41 Å². The molecule has 7 nitrogen and oxygen atoms in total. The van der Waals surface area contributed by atoms with Crippen LogP contribution in [0, 0.1) is 5.41 Å². The van der Waals surface area contributed by atoms with Gasteiger partial charge in [-0.05, 0) is 26.2 Å². The average Bonchev–Trinajstić information content (AvgIpc) is 3.10. The fraction of sp³-hybridized carbons (Fsp3) is 0.647. The molecule has 1 aromatic heterocycles. The Bertz CT molecular complexity index is 625. The zero-order valence-corrected chi connectivity index (χ0v) is 14.1. The van der Waals surface area contributed by atoms with Gasteiger partial charge in [0.1, 0.15) is 5.69 Å². The molecular weight excluding hydrogens is 310 g/mol. The first-order valence-electron chi connectivity index (χ1n) is 8.43. The van der Waals surface area contributed by atoms with E-state index in [9.17, 15) is 9.59 Å². The van der Waals surface area contributed by atoms with E-state index >= 15 is 0 Å². The van der Waals surface area contributed by atoms with E-state index in [0.717, 1.165) is 25.5 Å². The van der Waals surface area contributed by atoms with Gasteiger partial charge in [-0.2, -0.15) is 0 Å². The van der Waals surface area contributed by atoms with Crippen LogP contribution in [-0.2, 0) is 4.74 Å². The Morgan fingerprint density at radius 2 is 1.92 bits per heavy atom. The highest BCUT2D eigenvalue weighted by atomic mass is 16.5. The van der Waals surface area contributed by atoms with Gasteiger partial charge in [0.15, 0.2) is 5.69 Å². The topological polar surface area (TPSA) is 92.6 Å². The second kappa shape index (κ2) is 6.47. The fourth-order valence-electron chi connectivity index (χ4n) is 4.26. The molecule has 1 heterocycles. The first-order valence-corrected chi connectivity index (χ1v) is 8.43. The van der Waals surface area contributed by atoms with Crippen molar-refractivity contribution in [3.63, 3.8) is 0 Å². The van der Waals surface area contributed by atoms with Crippen LogP contribution in [0.1, 0.15) is 60.0 Å². The number of carbonyl (C=O) groups excluding carboxylic acids is 1. The minimum atomic E-state index is -1.15. The van der Waals surface area contributed by atoms with Crippen molar-refractivity contribution in [2.75, 3.05) is 13.7 Å². The summed E-state index contributed by atoms with van der Waals surface area (Å²) in [4.78, 5) is 33.0. The van der Waals surface area contributed by atoms with Crippen molar-refractivity contribution in [3.8, 4) is 0 Å². The lowest BCUT2D eigenvalue weighted by Crippen LogP contribution is -2.64. The van der Waals surface area contributed by atoms with Crippen molar-refractivity contribution in [1.29, 1.82) is 0 Å². The van der Waals surface area contributed by atoms with Crippen molar-refractivity contribution >= 4 is 11.9 Å². The highest BCUT2D eigenvalue weighted by Crippen LogP contribution is 2.56. The molecule has 2 fully saturated rings.